The summed E-state index contributed by atoms with van der Waals surface area (Å²) < 4.78 is 31.0. The van der Waals surface area contributed by atoms with E-state index in [1.54, 1.807) is 17.8 Å². The Hall–Kier alpha value is -1.64. The molecule has 0 spiro atoms. The molecular formula is C19H23FN2O4S. The fourth-order valence-electron chi connectivity index (χ4n) is 3.40. The number of hydrogen-bond acceptors (Lipinski definition) is 6. The van der Waals surface area contributed by atoms with Gasteiger partial charge < -0.3 is 19.2 Å². The summed E-state index contributed by atoms with van der Waals surface area (Å²) in [4.78, 5) is 19.5. The highest BCUT2D eigenvalue weighted by Crippen LogP contribution is 2.26. The summed E-state index contributed by atoms with van der Waals surface area (Å²) in [6.45, 7) is 2.66. The molecule has 27 heavy (non-hydrogen) atoms. The number of nitrogens with zero attached hydrogens (tertiary/aromatic N) is 1. The molecule has 2 saturated heterocycles. The van der Waals surface area contributed by atoms with Crippen LogP contribution >= 0.6 is 11.8 Å². The third-order valence-corrected chi connectivity index (χ3v) is 6.25. The van der Waals surface area contributed by atoms with Crippen molar-refractivity contribution >= 4 is 22.7 Å². The molecule has 1 atom stereocenters. The molecule has 0 saturated carbocycles. The van der Waals surface area contributed by atoms with E-state index < -0.39 is 11.4 Å². The predicted molar refractivity (Wildman–Crippen MR) is 102 cm³/mol. The van der Waals surface area contributed by atoms with Crippen molar-refractivity contribution in [2.75, 3.05) is 26.4 Å². The lowest BCUT2D eigenvalue weighted by molar-refractivity contribution is 0.0679. The van der Waals surface area contributed by atoms with E-state index in [4.69, 9.17) is 14.2 Å². The van der Waals surface area contributed by atoms with Crippen molar-refractivity contribution in [3.05, 3.63) is 34.1 Å². The first kappa shape index (κ1) is 18.7. The van der Waals surface area contributed by atoms with Gasteiger partial charge in [0.2, 0.25) is 0 Å². The Kier molecular flexibility index (Phi) is 5.95. The van der Waals surface area contributed by atoms with Gasteiger partial charge in [-0.3, -0.25) is 4.79 Å². The quantitative estimate of drug-likeness (QED) is 0.812. The topological polar surface area (TPSA) is 73.4 Å². The zero-order valence-electron chi connectivity index (χ0n) is 15.0. The number of rotatable bonds is 6. The molecule has 6 nitrogen and oxygen atoms in total. The molecule has 0 aliphatic carbocycles. The molecule has 1 N–H and O–H groups in total. The van der Waals surface area contributed by atoms with Crippen molar-refractivity contribution in [1.29, 1.82) is 0 Å². The van der Waals surface area contributed by atoms with Gasteiger partial charge in [0, 0.05) is 37.2 Å². The first-order valence-electron chi connectivity index (χ1n) is 9.35. The Bertz CT molecular complexity index is 847. The van der Waals surface area contributed by atoms with Crippen LogP contribution in [0.1, 0.15) is 31.5 Å². The zero-order valence-corrected chi connectivity index (χ0v) is 15.9. The molecule has 2 fully saturated rings. The van der Waals surface area contributed by atoms with E-state index >= 15 is 0 Å². The molecule has 146 valence electrons. The van der Waals surface area contributed by atoms with E-state index in [0.29, 0.717) is 34.7 Å². The largest absolute Gasteiger partial charge is 0.491 e. The number of aromatic amines is 1. The van der Waals surface area contributed by atoms with Crippen molar-refractivity contribution in [3.63, 3.8) is 0 Å². The number of thioether (sulfide) groups is 1. The minimum absolute atomic E-state index is 0.0284. The Morgan fingerprint density at radius 2 is 2.11 bits per heavy atom. The molecule has 2 aliphatic heterocycles. The number of benzene rings is 1. The number of halogens is 1. The Morgan fingerprint density at radius 1 is 1.26 bits per heavy atom. The van der Waals surface area contributed by atoms with Crippen molar-refractivity contribution in [2.45, 2.75) is 42.8 Å². The second-order valence-electron chi connectivity index (χ2n) is 6.88. The van der Waals surface area contributed by atoms with E-state index in [1.807, 2.05) is 0 Å². The minimum Gasteiger partial charge on any atom is -0.491 e. The maximum atomic E-state index is 14.4. The predicted octanol–water partition coefficient (Wildman–Crippen LogP) is 3.03. The molecule has 2 aliphatic rings. The van der Waals surface area contributed by atoms with Crippen LogP contribution in [0.3, 0.4) is 0 Å². The van der Waals surface area contributed by atoms with Crippen LogP contribution in [0.5, 0.6) is 5.75 Å². The third-order valence-electron chi connectivity index (χ3n) is 4.87. The summed E-state index contributed by atoms with van der Waals surface area (Å²) in [5.41, 5.74) is -0.130. The minimum atomic E-state index is -0.618. The standard InChI is InChI=1S/C19H23FN2O4S/c20-15-8-13(26-10-12-2-1-5-25-12)9-16-18(15)19(23)22-17(21-16)11-27-14-3-6-24-7-4-14/h8-9,12,14H,1-7,10-11H2,(H,21,22,23)/t12-/m0/s1. The van der Waals surface area contributed by atoms with Gasteiger partial charge in [-0.2, -0.15) is 11.8 Å². The average Bonchev–Trinajstić information content (AvgIpc) is 3.19. The fraction of sp³-hybridized carbons (Fsp3) is 0.579. The van der Waals surface area contributed by atoms with Crippen LogP contribution in [0.25, 0.3) is 10.9 Å². The molecule has 0 amide bonds. The van der Waals surface area contributed by atoms with Crippen molar-refractivity contribution < 1.29 is 18.6 Å². The van der Waals surface area contributed by atoms with Crippen LogP contribution in [0.15, 0.2) is 16.9 Å². The summed E-state index contributed by atoms with van der Waals surface area (Å²) in [5.74, 6) is 0.891. The van der Waals surface area contributed by atoms with E-state index in [0.717, 1.165) is 45.5 Å². The van der Waals surface area contributed by atoms with Crippen LogP contribution in [-0.4, -0.2) is 47.7 Å². The molecule has 1 aromatic heterocycles. The highest BCUT2D eigenvalue weighted by atomic mass is 32.2. The van der Waals surface area contributed by atoms with E-state index in [1.165, 1.54) is 6.07 Å². The Morgan fingerprint density at radius 3 is 2.89 bits per heavy atom. The smallest absolute Gasteiger partial charge is 0.261 e. The summed E-state index contributed by atoms with van der Waals surface area (Å²) in [7, 11) is 0. The number of fused-ring (bicyclic) bond motifs is 1. The number of ether oxygens (including phenoxy) is 3. The van der Waals surface area contributed by atoms with Gasteiger partial charge in [0.25, 0.3) is 5.56 Å². The molecule has 0 radical (unpaired) electrons. The molecule has 4 rings (SSSR count). The molecule has 8 heteroatoms. The van der Waals surface area contributed by atoms with Crippen molar-refractivity contribution in [3.8, 4) is 5.75 Å². The number of nitrogens with one attached hydrogen (secondary N) is 1. The second-order valence-corrected chi connectivity index (χ2v) is 8.17. The lowest BCUT2D eigenvalue weighted by Crippen LogP contribution is -2.19. The maximum Gasteiger partial charge on any atom is 0.261 e. The molecular weight excluding hydrogens is 371 g/mol. The van der Waals surface area contributed by atoms with E-state index in [9.17, 15) is 9.18 Å². The first-order chi connectivity index (χ1) is 13.2. The van der Waals surface area contributed by atoms with Gasteiger partial charge in [-0.15, -0.1) is 0 Å². The number of H-pyrrole nitrogens is 1. The summed E-state index contributed by atoms with van der Waals surface area (Å²) in [6, 6.07) is 2.87. The average molecular weight is 394 g/mol. The van der Waals surface area contributed by atoms with Crippen LogP contribution in [0.4, 0.5) is 4.39 Å². The van der Waals surface area contributed by atoms with Crippen molar-refractivity contribution in [2.24, 2.45) is 0 Å². The maximum absolute atomic E-state index is 14.4. The van der Waals surface area contributed by atoms with Gasteiger partial charge >= 0.3 is 0 Å². The lowest BCUT2D eigenvalue weighted by Gasteiger charge is -2.21. The third kappa shape index (κ3) is 4.62. The Labute approximate surface area is 160 Å². The van der Waals surface area contributed by atoms with E-state index in [-0.39, 0.29) is 11.5 Å². The monoisotopic (exact) mass is 394 g/mol. The molecule has 3 heterocycles. The SMILES string of the molecule is O=c1[nH]c(CSC2CCOCC2)nc2cc(OC[C@@H]3CCCO3)cc(F)c12. The molecule has 2 aromatic rings. The second kappa shape index (κ2) is 8.58. The molecule has 0 unspecified atom stereocenters. The van der Waals surface area contributed by atoms with Crippen molar-refractivity contribution in [1.82, 2.24) is 9.97 Å². The molecule has 1 aromatic carbocycles. The number of aromatic nitrogens is 2. The summed E-state index contributed by atoms with van der Waals surface area (Å²) in [6.07, 6.45) is 4.01. The normalized spacial score (nSPS) is 21.0. The summed E-state index contributed by atoms with van der Waals surface area (Å²) >= 11 is 1.75. The lowest BCUT2D eigenvalue weighted by atomic mass is 10.2. The van der Waals surface area contributed by atoms with Gasteiger partial charge in [0.15, 0.2) is 0 Å². The van der Waals surface area contributed by atoms with Crippen LogP contribution in [0.2, 0.25) is 0 Å². The van der Waals surface area contributed by atoms with E-state index in [2.05, 4.69) is 9.97 Å². The van der Waals surface area contributed by atoms with Crippen LogP contribution in [0, 0.1) is 5.82 Å². The zero-order chi connectivity index (χ0) is 18.6. The summed E-state index contributed by atoms with van der Waals surface area (Å²) in [5, 5.41) is 0.469. The van der Waals surface area contributed by atoms with Gasteiger partial charge in [-0.1, -0.05) is 0 Å². The van der Waals surface area contributed by atoms with Gasteiger partial charge in [0.1, 0.15) is 29.4 Å². The fourth-order valence-corrected chi connectivity index (χ4v) is 4.46. The van der Waals surface area contributed by atoms with Gasteiger partial charge in [0.05, 0.1) is 17.4 Å². The Balaban J connectivity index is 1.50. The van der Waals surface area contributed by atoms with Crippen LogP contribution < -0.4 is 10.3 Å². The van der Waals surface area contributed by atoms with Gasteiger partial charge in [-0.05, 0) is 25.7 Å². The highest BCUT2D eigenvalue weighted by molar-refractivity contribution is 7.99. The number of hydrogen-bond donors (Lipinski definition) is 1. The highest BCUT2D eigenvalue weighted by Gasteiger charge is 2.18. The molecule has 0 bridgehead atoms. The van der Waals surface area contributed by atoms with Crippen LogP contribution in [-0.2, 0) is 15.2 Å². The first-order valence-corrected chi connectivity index (χ1v) is 10.4. The van der Waals surface area contributed by atoms with Gasteiger partial charge in [-0.25, -0.2) is 9.37 Å².